The summed E-state index contributed by atoms with van der Waals surface area (Å²) in [7, 11) is -3.67. The van der Waals surface area contributed by atoms with E-state index < -0.39 is 10.0 Å². The van der Waals surface area contributed by atoms with Gasteiger partial charge in [-0.3, -0.25) is 9.10 Å². The first kappa shape index (κ1) is 23.3. The van der Waals surface area contributed by atoms with Crippen LogP contribution in [-0.2, 0) is 14.8 Å². The normalized spacial score (nSPS) is 12.1. The molecule has 0 aliphatic rings. The third kappa shape index (κ3) is 6.11. The number of hydrogen-bond donors (Lipinski definition) is 1. The maximum atomic E-state index is 12.7. The highest BCUT2D eigenvalue weighted by molar-refractivity contribution is 7.92. The monoisotopic (exact) mass is 452 g/mol. The maximum absolute atomic E-state index is 12.7. The molecule has 0 fully saturated rings. The van der Waals surface area contributed by atoms with E-state index in [1.54, 1.807) is 24.3 Å². The third-order valence-electron chi connectivity index (χ3n) is 5.20. The fourth-order valence-electron chi connectivity index (χ4n) is 3.24. The fourth-order valence-corrected chi connectivity index (χ4v) is 4.10. The molecule has 0 aliphatic heterocycles. The second kappa shape index (κ2) is 9.87. The molecule has 3 aromatic rings. The smallest absolute Gasteiger partial charge is 0.241 e. The van der Waals surface area contributed by atoms with Gasteiger partial charge in [0, 0.05) is 0 Å². The topological polar surface area (TPSA) is 75.7 Å². The van der Waals surface area contributed by atoms with Crippen molar-refractivity contribution < 1.29 is 17.9 Å². The number of benzene rings is 3. The zero-order valence-corrected chi connectivity index (χ0v) is 19.5. The molecular weight excluding hydrogens is 424 g/mol. The van der Waals surface area contributed by atoms with Gasteiger partial charge in [0.25, 0.3) is 0 Å². The highest BCUT2D eigenvalue weighted by Gasteiger charge is 2.22. The van der Waals surface area contributed by atoms with Gasteiger partial charge in [0.05, 0.1) is 18.0 Å². The number of para-hydroxylation sites is 1. The van der Waals surface area contributed by atoms with E-state index in [2.05, 4.69) is 5.32 Å². The molecule has 1 atom stereocenters. The Kier molecular flexibility index (Phi) is 7.20. The summed E-state index contributed by atoms with van der Waals surface area (Å²) in [4.78, 5) is 12.7. The minimum Gasteiger partial charge on any atom is -0.457 e. The second-order valence-corrected chi connectivity index (χ2v) is 9.72. The number of rotatable bonds is 8. The van der Waals surface area contributed by atoms with Crippen molar-refractivity contribution in [2.24, 2.45) is 0 Å². The van der Waals surface area contributed by atoms with E-state index in [-0.39, 0.29) is 18.5 Å². The van der Waals surface area contributed by atoms with E-state index >= 15 is 0 Å². The zero-order valence-electron chi connectivity index (χ0n) is 18.7. The Morgan fingerprint density at radius 2 is 1.56 bits per heavy atom. The second-order valence-electron chi connectivity index (χ2n) is 7.81. The van der Waals surface area contributed by atoms with Crippen LogP contribution >= 0.6 is 0 Å². The lowest BCUT2D eigenvalue weighted by Gasteiger charge is -2.23. The van der Waals surface area contributed by atoms with Gasteiger partial charge in [0.2, 0.25) is 15.9 Å². The van der Waals surface area contributed by atoms with E-state index in [1.807, 2.05) is 69.3 Å². The summed E-state index contributed by atoms with van der Waals surface area (Å²) in [6.45, 7) is 5.61. The molecule has 7 heteroatoms. The van der Waals surface area contributed by atoms with Gasteiger partial charge in [-0.2, -0.15) is 0 Å². The van der Waals surface area contributed by atoms with E-state index in [0.29, 0.717) is 17.2 Å². The Morgan fingerprint density at radius 1 is 0.938 bits per heavy atom. The van der Waals surface area contributed by atoms with Gasteiger partial charge in [0.15, 0.2) is 0 Å². The molecule has 0 radical (unpaired) electrons. The minimum atomic E-state index is -3.67. The molecule has 0 bridgehead atoms. The Morgan fingerprint density at radius 3 is 2.16 bits per heavy atom. The van der Waals surface area contributed by atoms with Crippen LogP contribution < -0.4 is 14.4 Å². The van der Waals surface area contributed by atoms with Crippen LogP contribution in [0, 0.1) is 13.8 Å². The first-order chi connectivity index (χ1) is 15.1. The van der Waals surface area contributed by atoms with E-state index in [1.165, 1.54) is 5.56 Å². The summed E-state index contributed by atoms with van der Waals surface area (Å²) >= 11 is 0. The molecule has 3 rings (SSSR count). The van der Waals surface area contributed by atoms with Crippen LogP contribution in [0.1, 0.15) is 29.7 Å². The SMILES string of the molecule is Cc1ccc(C(C)NC(=O)CN(c2ccc(Oc3ccccc3)cc2)S(C)(=O)=O)cc1C. The third-order valence-corrected chi connectivity index (χ3v) is 6.34. The average molecular weight is 453 g/mol. The number of nitrogens with zero attached hydrogens (tertiary/aromatic N) is 1. The summed E-state index contributed by atoms with van der Waals surface area (Å²) < 4.78 is 31.6. The lowest BCUT2D eigenvalue weighted by atomic mass is 10.0. The largest absolute Gasteiger partial charge is 0.457 e. The number of sulfonamides is 1. The zero-order chi connectivity index (χ0) is 23.3. The van der Waals surface area contributed by atoms with Gasteiger partial charge in [-0.05, 0) is 73.9 Å². The molecule has 0 spiro atoms. The predicted octanol–water partition coefficient (Wildman–Crippen LogP) is 4.74. The lowest BCUT2D eigenvalue weighted by molar-refractivity contribution is -0.120. The van der Waals surface area contributed by atoms with Gasteiger partial charge in [-0.15, -0.1) is 0 Å². The predicted molar refractivity (Wildman–Crippen MR) is 128 cm³/mol. The molecule has 0 aliphatic carbocycles. The standard InChI is InChI=1S/C25H28N2O4S/c1-18-10-11-21(16-19(18)2)20(3)26-25(28)17-27(32(4,29)30)22-12-14-24(15-13-22)31-23-8-6-5-7-9-23/h5-16,20H,17H2,1-4H3,(H,26,28). The summed E-state index contributed by atoms with van der Waals surface area (Å²) in [6, 6.07) is 21.7. The molecule has 3 aromatic carbocycles. The Hall–Kier alpha value is -3.32. The Balaban J connectivity index is 1.71. The van der Waals surface area contributed by atoms with Crippen molar-refractivity contribution in [2.75, 3.05) is 17.1 Å². The molecule has 0 saturated carbocycles. The van der Waals surface area contributed by atoms with E-state index in [9.17, 15) is 13.2 Å². The van der Waals surface area contributed by atoms with Crippen LogP contribution in [0.2, 0.25) is 0 Å². The van der Waals surface area contributed by atoms with Crippen molar-refractivity contribution >= 4 is 21.6 Å². The van der Waals surface area contributed by atoms with Crippen LogP contribution in [0.15, 0.2) is 72.8 Å². The van der Waals surface area contributed by atoms with Crippen LogP contribution in [-0.4, -0.2) is 27.1 Å². The quantitative estimate of drug-likeness (QED) is 0.536. The average Bonchev–Trinajstić information content (AvgIpc) is 2.74. The molecule has 1 N–H and O–H groups in total. The highest BCUT2D eigenvalue weighted by Crippen LogP contribution is 2.25. The number of carbonyl (C=O) groups excluding carboxylic acids is 1. The Bertz CT molecular complexity index is 1180. The Labute approximate surface area is 189 Å². The number of aryl methyl sites for hydroxylation is 2. The number of anilines is 1. The highest BCUT2D eigenvalue weighted by atomic mass is 32.2. The summed E-state index contributed by atoms with van der Waals surface area (Å²) in [6.07, 6.45) is 1.08. The molecule has 0 saturated heterocycles. The minimum absolute atomic E-state index is 0.246. The van der Waals surface area contributed by atoms with Gasteiger partial charge in [-0.25, -0.2) is 8.42 Å². The molecule has 1 unspecified atom stereocenters. The van der Waals surface area contributed by atoms with Gasteiger partial charge < -0.3 is 10.1 Å². The molecule has 6 nitrogen and oxygen atoms in total. The number of nitrogens with one attached hydrogen (secondary N) is 1. The maximum Gasteiger partial charge on any atom is 0.241 e. The number of hydrogen-bond acceptors (Lipinski definition) is 4. The van der Waals surface area contributed by atoms with Crippen molar-refractivity contribution in [1.82, 2.24) is 5.32 Å². The van der Waals surface area contributed by atoms with Crippen LogP contribution in [0.25, 0.3) is 0 Å². The first-order valence-corrected chi connectivity index (χ1v) is 12.2. The van der Waals surface area contributed by atoms with Crippen molar-refractivity contribution in [2.45, 2.75) is 26.8 Å². The summed E-state index contributed by atoms with van der Waals surface area (Å²) in [5.41, 5.74) is 3.67. The van der Waals surface area contributed by atoms with Crippen molar-refractivity contribution in [1.29, 1.82) is 0 Å². The molecule has 1 amide bonds. The molecule has 0 aromatic heterocycles. The van der Waals surface area contributed by atoms with Crippen molar-refractivity contribution in [3.8, 4) is 11.5 Å². The van der Waals surface area contributed by atoms with Gasteiger partial charge >= 0.3 is 0 Å². The fraction of sp³-hybridized carbons (Fsp3) is 0.240. The molecule has 0 heterocycles. The van der Waals surface area contributed by atoms with Gasteiger partial charge in [-0.1, -0.05) is 36.4 Å². The molecular formula is C25H28N2O4S. The number of amides is 1. The van der Waals surface area contributed by atoms with Crippen LogP contribution in [0.3, 0.4) is 0 Å². The van der Waals surface area contributed by atoms with E-state index in [0.717, 1.165) is 21.7 Å². The summed E-state index contributed by atoms with van der Waals surface area (Å²) in [5, 5.41) is 2.89. The number of ether oxygens (including phenoxy) is 1. The van der Waals surface area contributed by atoms with Crippen molar-refractivity contribution in [3.63, 3.8) is 0 Å². The van der Waals surface area contributed by atoms with Gasteiger partial charge in [0.1, 0.15) is 18.0 Å². The molecule has 32 heavy (non-hydrogen) atoms. The van der Waals surface area contributed by atoms with E-state index in [4.69, 9.17) is 4.74 Å². The number of carbonyl (C=O) groups is 1. The lowest BCUT2D eigenvalue weighted by Crippen LogP contribution is -2.41. The molecule has 168 valence electrons. The van der Waals surface area contributed by atoms with Crippen molar-refractivity contribution in [3.05, 3.63) is 89.5 Å². The van der Waals surface area contributed by atoms with Crippen LogP contribution in [0.5, 0.6) is 11.5 Å². The first-order valence-electron chi connectivity index (χ1n) is 10.3. The summed E-state index contributed by atoms with van der Waals surface area (Å²) in [5.74, 6) is 0.868. The van der Waals surface area contributed by atoms with Crippen LogP contribution in [0.4, 0.5) is 5.69 Å².